The molecule has 1 atom stereocenters. The summed E-state index contributed by atoms with van der Waals surface area (Å²) in [5.74, 6) is 0. The molecule has 1 aromatic rings. The van der Waals surface area contributed by atoms with Gasteiger partial charge in [0.25, 0.3) is 0 Å². The summed E-state index contributed by atoms with van der Waals surface area (Å²) in [6, 6.07) is 0. The maximum absolute atomic E-state index is 6.33. The maximum Gasteiger partial charge on any atom is 0.488 e. The fourth-order valence-electron chi connectivity index (χ4n) is 3.17. The fourth-order valence-corrected chi connectivity index (χ4v) is 3.34. The lowest BCUT2D eigenvalue weighted by Crippen LogP contribution is -2.45. The summed E-state index contributed by atoms with van der Waals surface area (Å²) < 4.78 is 24.7. The molecule has 2 saturated heterocycles. The highest BCUT2D eigenvalue weighted by molar-refractivity contribution is 7.11. The van der Waals surface area contributed by atoms with Crippen LogP contribution in [-0.2, 0) is 25.0 Å². The van der Waals surface area contributed by atoms with Crippen molar-refractivity contribution >= 4 is 25.6 Å². The minimum absolute atomic E-state index is 0.394. The topological polar surface area (TPSA) is 62.7 Å². The van der Waals surface area contributed by atoms with E-state index in [0.717, 1.165) is 5.69 Å². The first kappa shape index (κ1) is 20.1. The zero-order valence-electron chi connectivity index (χ0n) is 16.6. The third-order valence-corrected chi connectivity index (χ3v) is 6.25. The number of halogens is 1. The number of aryl methyl sites for hydroxylation is 1. The molecule has 2 fully saturated rings. The predicted molar refractivity (Wildman–Crippen MR) is 102 cm³/mol. The second-order valence-electron chi connectivity index (χ2n) is 8.80. The zero-order valence-corrected chi connectivity index (χ0v) is 17.4. The quantitative estimate of drug-likeness (QED) is 0.747. The number of nitrogens with zero attached hydrogens (tertiary/aromatic N) is 2. The maximum atomic E-state index is 6.33. The summed E-state index contributed by atoms with van der Waals surface area (Å²) in [4.78, 5) is 8.40. The van der Waals surface area contributed by atoms with Gasteiger partial charge in [0.05, 0.1) is 34.3 Å². The van der Waals surface area contributed by atoms with Gasteiger partial charge in [-0.15, -0.1) is 0 Å². The normalized spacial score (nSPS) is 29.4. The molecule has 1 unspecified atom stereocenters. The average Bonchev–Trinajstić information content (AvgIpc) is 2.87. The van der Waals surface area contributed by atoms with Crippen molar-refractivity contribution in [2.45, 2.75) is 83.7 Å². The summed E-state index contributed by atoms with van der Waals surface area (Å²) in [5, 5.41) is 0.394. The van der Waals surface area contributed by atoms with Crippen LogP contribution < -0.4 is 0 Å². The summed E-state index contributed by atoms with van der Waals surface area (Å²) in [6.07, 6.45) is 4.65. The SMILES string of the molecule is CC1(C)OB(B2OC(C)(C)C(C)(CCc3cncc(Cl)n3)O2)OC1(C)C. The molecule has 0 bridgehead atoms. The van der Waals surface area contributed by atoms with Crippen LogP contribution in [0.15, 0.2) is 12.4 Å². The van der Waals surface area contributed by atoms with Crippen LogP contribution in [0, 0.1) is 0 Å². The smallest absolute Gasteiger partial charge is 0.405 e. The van der Waals surface area contributed by atoms with Gasteiger partial charge in [-0.2, -0.15) is 0 Å². The third-order valence-electron chi connectivity index (χ3n) is 6.07. The van der Waals surface area contributed by atoms with Crippen molar-refractivity contribution in [1.82, 2.24) is 9.97 Å². The van der Waals surface area contributed by atoms with Gasteiger partial charge in [-0.05, 0) is 61.3 Å². The molecular weight excluding hydrogens is 353 g/mol. The van der Waals surface area contributed by atoms with Gasteiger partial charge in [-0.25, -0.2) is 4.98 Å². The van der Waals surface area contributed by atoms with E-state index in [0.29, 0.717) is 18.0 Å². The van der Waals surface area contributed by atoms with Gasteiger partial charge in [0, 0.05) is 6.20 Å². The Hall–Kier alpha value is -0.660. The Morgan fingerprint density at radius 2 is 1.38 bits per heavy atom. The molecule has 0 amide bonds. The molecule has 0 aromatic carbocycles. The fraction of sp³-hybridized carbons (Fsp3) is 0.765. The van der Waals surface area contributed by atoms with Crippen LogP contribution in [0.5, 0.6) is 0 Å². The summed E-state index contributed by atoms with van der Waals surface area (Å²) in [7, 11) is -1.14. The van der Waals surface area contributed by atoms with Crippen molar-refractivity contribution in [3.05, 3.63) is 23.2 Å². The van der Waals surface area contributed by atoms with Crippen LogP contribution in [0.3, 0.4) is 0 Å². The van der Waals surface area contributed by atoms with Crippen molar-refractivity contribution in [3.8, 4) is 0 Å². The molecule has 2 aliphatic heterocycles. The van der Waals surface area contributed by atoms with E-state index in [1.54, 1.807) is 6.20 Å². The molecule has 1 aromatic heterocycles. The molecule has 0 radical (unpaired) electrons. The molecule has 26 heavy (non-hydrogen) atoms. The van der Waals surface area contributed by atoms with E-state index in [2.05, 4.69) is 16.9 Å². The molecule has 0 N–H and O–H groups in total. The van der Waals surface area contributed by atoms with Gasteiger partial charge in [0.1, 0.15) is 5.15 Å². The molecule has 3 rings (SSSR count). The van der Waals surface area contributed by atoms with E-state index >= 15 is 0 Å². The van der Waals surface area contributed by atoms with E-state index in [1.165, 1.54) is 6.20 Å². The molecule has 2 aliphatic rings. The third kappa shape index (κ3) is 3.54. The minimum Gasteiger partial charge on any atom is -0.405 e. The van der Waals surface area contributed by atoms with Crippen LogP contribution in [-0.4, -0.2) is 46.4 Å². The van der Waals surface area contributed by atoms with E-state index in [-0.39, 0.29) is 0 Å². The Balaban J connectivity index is 1.71. The lowest BCUT2D eigenvalue weighted by atomic mass is 9.49. The van der Waals surface area contributed by atoms with Crippen molar-refractivity contribution in [2.24, 2.45) is 0 Å². The van der Waals surface area contributed by atoms with E-state index < -0.39 is 36.4 Å². The standard InChI is InChI=1S/C17H27B2ClN2O4/c1-14(2)15(3,4)24-18(23-14)19-25-16(5,6)17(7,26-19)9-8-12-10-21-11-13(20)22-12/h10-11H,8-9H2,1-7H3. The summed E-state index contributed by atoms with van der Waals surface area (Å²) in [5.41, 5.74) is -1.05. The minimum atomic E-state index is -0.582. The Labute approximate surface area is 161 Å². The molecule has 0 spiro atoms. The van der Waals surface area contributed by atoms with Gasteiger partial charge >= 0.3 is 14.0 Å². The van der Waals surface area contributed by atoms with E-state index in [9.17, 15) is 0 Å². The van der Waals surface area contributed by atoms with E-state index in [1.807, 2.05) is 41.5 Å². The molecule has 6 nitrogen and oxygen atoms in total. The Kier molecular flexibility index (Phi) is 4.98. The molecular formula is C17H27B2ClN2O4. The zero-order chi connectivity index (χ0) is 19.4. The van der Waals surface area contributed by atoms with Crippen molar-refractivity contribution in [1.29, 1.82) is 0 Å². The van der Waals surface area contributed by atoms with Gasteiger partial charge in [0.2, 0.25) is 0 Å². The van der Waals surface area contributed by atoms with Crippen molar-refractivity contribution < 1.29 is 18.6 Å². The van der Waals surface area contributed by atoms with Gasteiger partial charge in [0.15, 0.2) is 0 Å². The number of hydrogen-bond donors (Lipinski definition) is 0. The first-order chi connectivity index (χ1) is 11.9. The Morgan fingerprint density at radius 3 is 1.96 bits per heavy atom. The van der Waals surface area contributed by atoms with Crippen LogP contribution in [0.1, 0.15) is 60.6 Å². The van der Waals surface area contributed by atoms with E-state index in [4.69, 9.17) is 30.2 Å². The Bertz CT molecular complexity index is 672. The molecule has 142 valence electrons. The average molecular weight is 380 g/mol. The lowest BCUT2D eigenvalue weighted by molar-refractivity contribution is -0.0154. The number of hydrogen-bond acceptors (Lipinski definition) is 6. The largest absolute Gasteiger partial charge is 0.488 e. The molecule has 3 heterocycles. The summed E-state index contributed by atoms with van der Waals surface area (Å²) >= 11 is 5.93. The molecule has 0 saturated carbocycles. The summed E-state index contributed by atoms with van der Waals surface area (Å²) in [6.45, 7) is 14.2. The second kappa shape index (κ2) is 6.45. The lowest BCUT2D eigenvalue weighted by Gasteiger charge is -2.36. The first-order valence-corrected chi connectivity index (χ1v) is 9.41. The first-order valence-electron chi connectivity index (χ1n) is 9.03. The van der Waals surface area contributed by atoms with Gasteiger partial charge < -0.3 is 18.6 Å². The van der Waals surface area contributed by atoms with Crippen LogP contribution in [0.25, 0.3) is 0 Å². The second-order valence-corrected chi connectivity index (χ2v) is 9.19. The van der Waals surface area contributed by atoms with Gasteiger partial charge in [-0.1, -0.05) is 11.6 Å². The number of rotatable bonds is 4. The predicted octanol–water partition coefficient (Wildman–Crippen LogP) is 3.31. The highest BCUT2D eigenvalue weighted by Gasteiger charge is 2.64. The highest BCUT2D eigenvalue weighted by Crippen LogP contribution is 2.44. The monoisotopic (exact) mass is 380 g/mol. The molecule has 0 aliphatic carbocycles. The number of aromatic nitrogens is 2. The van der Waals surface area contributed by atoms with Crippen LogP contribution in [0.4, 0.5) is 0 Å². The van der Waals surface area contributed by atoms with Crippen LogP contribution in [0.2, 0.25) is 5.15 Å². The van der Waals surface area contributed by atoms with Gasteiger partial charge in [-0.3, -0.25) is 4.98 Å². The van der Waals surface area contributed by atoms with Crippen molar-refractivity contribution in [3.63, 3.8) is 0 Å². The van der Waals surface area contributed by atoms with Crippen LogP contribution >= 0.6 is 11.6 Å². The Morgan fingerprint density at radius 1 is 0.846 bits per heavy atom. The van der Waals surface area contributed by atoms with Crippen molar-refractivity contribution in [2.75, 3.05) is 0 Å². The highest BCUT2D eigenvalue weighted by atomic mass is 35.5. The molecule has 9 heteroatoms.